The van der Waals surface area contributed by atoms with E-state index in [4.69, 9.17) is 14.9 Å². The van der Waals surface area contributed by atoms with E-state index in [2.05, 4.69) is 18.1 Å². The van der Waals surface area contributed by atoms with Gasteiger partial charge in [-0.2, -0.15) is 5.10 Å². The molecule has 5 heteroatoms. The lowest BCUT2D eigenvalue weighted by Crippen LogP contribution is -2.17. The average Bonchev–Trinajstić information content (AvgIpc) is 3.08. The zero-order valence-electron chi connectivity index (χ0n) is 12.5. The number of nitrogens with zero attached hydrogens (tertiary/aromatic N) is 2. The summed E-state index contributed by atoms with van der Waals surface area (Å²) in [6.45, 7) is 4.80. The van der Waals surface area contributed by atoms with Gasteiger partial charge in [-0.1, -0.05) is 11.6 Å². The Balaban J connectivity index is 2.07. The van der Waals surface area contributed by atoms with Gasteiger partial charge in [-0.15, -0.1) is 0 Å². The van der Waals surface area contributed by atoms with Crippen molar-refractivity contribution in [1.82, 2.24) is 9.78 Å². The highest BCUT2D eigenvalue weighted by Gasteiger charge is 2.22. The molecule has 3 rings (SSSR count). The molecular formula is C16H19N3O2. The van der Waals surface area contributed by atoms with Crippen molar-refractivity contribution in [3.8, 4) is 5.75 Å². The predicted octanol–water partition coefficient (Wildman–Crippen LogP) is 3.01. The molecule has 0 aliphatic heterocycles. The number of rotatable bonds is 4. The monoisotopic (exact) mass is 285 g/mol. The summed E-state index contributed by atoms with van der Waals surface area (Å²) >= 11 is 0. The van der Waals surface area contributed by atoms with Crippen LogP contribution in [0.1, 0.15) is 30.0 Å². The van der Waals surface area contributed by atoms with Crippen LogP contribution in [-0.4, -0.2) is 16.9 Å². The molecule has 0 saturated carbocycles. The molecule has 1 atom stereocenters. The second kappa shape index (κ2) is 5.26. The van der Waals surface area contributed by atoms with Crippen LogP contribution in [0.4, 0.5) is 0 Å². The third-order valence-electron chi connectivity index (χ3n) is 3.66. The van der Waals surface area contributed by atoms with Gasteiger partial charge in [0.1, 0.15) is 23.1 Å². The number of nitrogens with two attached hydrogens (primary N) is 1. The molecule has 0 bridgehead atoms. The van der Waals surface area contributed by atoms with Crippen molar-refractivity contribution in [2.45, 2.75) is 26.4 Å². The second-order valence-corrected chi connectivity index (χ2v) is 5.08. The number of ether oxygens (including phenoxy) is 1. The van der Waals surface area contributed by atoms with Crippen LogP contribution in [-0.2, 0) is 6.54 Å². The van der Waals surface area contributed by atoms with Crippen LogP contribution in [0.5, 0.6) is 5.75 Å². The van der Waals surface area contributed by atoms with E-state index in [-0.39, 0.29) is 0 Å². The van der Waals surface area contributed by atoms with Crippen molar-refractivity contribution < 1.29 is 9.15 Å². The summed E-state index contributed by atoms with van der Waals surface area (Å²) < 4.78 is 13.1. The Morgan fingerprint density at radius 3 is 2.90 bits per heavy atom. The topological polar surface area (TPSA) is 66.2 Å². The molecule has 3 aromatic rings. The molecule has 0 spiro atoms. The number of aromatic nitrogens is 2. The van der Waals surface area contributed by atoms with Crippen molar-refractivity contribution in [3.63, 3.8) is 0 Å². The van der Waals surface area contributed by atoms with Gasteiger partial charge in [0.2, 0.25) is 0 Å². The molecule has 0 saturated heterocycles. The molecule has 2 N–H and O–H groups in total. The number of hydrogen-bond acceptors (Lipinski definition) is 4. The van der Waals surface area contributed by atoms with Gasteiger partial charge in [0.25, 0.3) is 0 Å². The van der Waals surface area contributed by atoms with Crippen LogP contribution in [0.15, 0.2) is 34.9 Å². The fourth-order valence-corrected chi connectivity index (χ4v) is 2.57. The van der Waals surface area contributed by atoms with Gasteiger partial charge < -0.3 is 14.9 Å². The van der Waals surface area contributed by atoms with Crippen molar-refractivity contribution in [3.05, 3.63) is 47.5 Å². The SMILES string of the molecule is CCn1ncc(OC)c1C(N)c1cc2cc(C)ccc2o1. The largest absolute Gasteiger partial charge is 0.493 e. The number of hydrogen-bond donors (Lipinski definition) is 1. The van der Waals surface area contributed by atoms with Crippen molar-refractivity contribution in [2.24, 2.45) is 5.73 Å². The lowest BCUT2D eigenvalue weighted by Gasteiger charge is -2.12. The summed E-state index contributed by atoms with van der Waals surface area (Å²) in [6, 6.07) is 7.66. The molecule has 1 unspecified atom stereocenters. The summed E-state index contributed by atoms with van der Waals surface area (Å²) in [5.41, 5.74) is 9.24. The zero-order chi connectivity index (χ0) is 15.0. The van der Waals surface area contributed by atoms with Crippen molar-refractivity contribution >= 4 is 11.0 Å². The summed E-state index contributed by atoms with van der Waals surface area (Å²) in [4.78, 5) is 0. The Kier molecular flexibility index (Phi) is 3.43. The highest BCUT2D eigenvalue weighted by Crippen LogP contribution is 2.31. The van der Waals surface area contributed by atoms with Gasteiger partial charge >= 0.3 is 0 Å². The fourth-order valence-electron chi connectivity index (χ4n) is 2.57. The summed E-state index contributed by atoms with van der Waals surface area (Å²) in [7, 11) is 1.62. The quantitative estimate of drug-likeness (QED) is 0.800. The number of aryl methyl sites for hydroxylation is 2. The zero-order valence-corrected chi connectivity index (χ0v) is 12.5. The molecule has 0 fully saturated rings. The van der Waals surface area contributed by atoms with Crippen LogP contribution < -0.4 is 10.5 Å². The van der Waals surface area contributed by atoms with Gasteiger partial charge in [0.05, 0.1) is 13.3 Å². The first-order valence-electron chi connectivity index (χ1n) is 6.99. The summed E-state index contributed by atoms with van der Waals surface area (Å²) in [5, 5.41) is 5.35. The van der Waals surface area contributed by atoms with E-state index in [1.54, 1.807) is 13.3 Å². The van der Waals surface area contributed by atoms with E-state index in [9.17, 15) is 0 Å². The minimum absolute atomic E-state index is 0.407. The Morgan fingerprint density at radius 2 is 2.19 bits per heavy atom. The van der Waals surface area contributed by atoms with Crippen LogP contribution in [0.2, 0.25) is 0 Å². The smallest absolute Gasteiger partial charge is 0.162 e. The summed E-state index contributed by atoms with van der Waals surface area (Å²) in [5.74, 6) is 1.39. The maximum absolute atomic E-state index is 6.38. The maximum atomic E-state index is 6.38. The van der Waals surface area contributed by atoms with E-state index in [0.29, 0.717) is 11.5 Å². The van der Waals surface area contributed by atoms with Gasteiger partial charge in [0.15, 0.2) is 5.75 Å². The van der Waals surface area contributed by atoms with Gasteiger partial charge in [-0.05, 0) is 32.0 Å². The highest BCUT2D eigenvalue weighted by atomic mass is 16.5. The van der Waals surface area contributed by atoms with E-state index in [1.165, 1.54) is 5.56 Å². The molecular weight excluding hydrogens is 266 g/mol. The molecule has 2 heterocycles. The molecule has 0 radical (unpaired) electrons. The Hall–Kier alpha value is -2.27. The van der Waals surface area contributed by atoms with Gasteiger partial charge in [-0.25, -0.2) is 0 Å². The van der Waals surface area contributed by atoms with Crippen molar-refractivity contribution in [2.75, 3.05) is 7.11 Å². The van der Waals surface area contributed by atoms with Gasteiger partial charge in [-0.3, -0.25) is 4.68 Å². The molecule has 110 valence electrons. The predicted molar refractivity (Wildman–Crippen MR) is 81.4 cm³/mol. The first kappa shape index (κ1) is 13.7. The number of methoxy groups -OCH3 is 1. The molecule has 5 nitrogen and oxygen atoms in total. The van der Waals surface area contributed by atoms with E-state index < -0.39 is 6.04 Å². The summed E-state index contributed by atoms with van der Waals surface area (Å²) in [6.07, 6.45) is 1.69. The minimum Gasteiger partial charge on any atom is -0.493 e. The van der Waals surface area contributed by atoms with Crippen LogP contribution in [0.25, 0.3) is 11.0 Å². The van der Waals surface area contributed by atoms with E-state index in [0.717, 1.165) is 23.2 Å². The van der Waals surface area contributed by atoms with Crippen LogP contribution in [0, 0.1) is 6.92 Å². The van der Waals surface area contributed by atoms with Crippen LogP contribution >= 0.6 is 0 Å². The maximum Gasteiger partial charge on any atom is 0.162 e. The number of fused-ring (bicyclic) bond motifs is 1. The number of furan rings is 1. The molecule has 0 amide bonds. The molecule has 0 aliphatic rings. The number of benzene rings is 1. The van der Waals surface area contributed by atoms with Gasteiger partial charge in [0, 0.05) is 11.9 Å². The third kappa shape index (κ3) is 2.29. The second-order valence-electron chi connectivity index (χ2n) is 5.08. The van der Waals surface area contributed by atoms with Crippen LogP contribution in [0.3, 0.4) is 0 Å². The van der Waals surface area contributed by atoms with Crippen molar-refractivity contribution in [1.29, 1.82) is 0 Å². The fraction of sp³-hybridized carbons (Fsp3) is 0.312. The molecule has 1 aromatic carbocycles. The Labute approximate surface area is 123 Å². The third-order valence-corrected chi connectivity index (χ3v) is 3.66. The molecule has 0 aliphatic carbocycles. The molecule has 21 heavy (non-hydrogen) atoms. The average molecular weight is 285 g/mol. The highest BCUT2D eigenvalue weighted by molar-refractivity contribution is 5.79. The minimum atomic E-state index is -0.407. The molecule has 2 aromatic heterocycles. The standard InChI is InChI=1S/C16H19N3O2/c1-4-19-16(14(20-3)9-18-19)15(17)13-8-11-7-10(2)5-6-12(11)21-13/h5-9,15H,4,17H2,1-3H3. The Bertz CT molecular complexity index is 752. The Morgan fingerprint density at radius 1 is 1.38 bits per heavy atom. The van der Waals surface area contributed by atoms with E-state index >= 15 is 0 Å². The first-order valence-corrected chi connectivity index (χ1v) is 6.99. The first-order chi connectivity index (χ1) is 10.1. The lowest BCUT2D eigenvalue weighted by atomic mass is 10.1. The lowest BCUT2D eigenvalue weighted by molar-refractivity contribution is 0.399. The normalized spacial score (nSPS) is 12.8. The van der Waals surface area contributed by atoms with E-state index in [1.807, 2.05) is 29.8 Å².